The van der Waals surface area contributed by atoms with Gasteiger partial charge in [0.2, 0.25) is 0 Å². The number of hydrogen-bond acceptors (Lipinski definition) is 3. The van der Waals surface area contributed by atoms with Crippen LogP contribution in [0.4, 0.5) is 10.1 Å². The molecular formula is C13H8Cl2FN3S. The Morgan fingerprint density at radius 1 is 1.25 bits per heavy atom. The van der Waals surface area contributed by atoms with Gasteiger partial charge in [-0.3, -0.25) is 0 Å². The number of fused-ring (bicyclic) bond motifs is 1. The van der Waals surface area contributed by atoms with Crippen LogP contribution in [-0.2, 0) is 0 Å². The summed E-state index contributed by atoms with van der Waals surface area (Å²) >= 11 is 12.8. The minimum atomic E-state index is -0.553. The molecule has 0 amide bonds. The molecule has 2 N–H and O–H groups in total. The van der Waals surface area contributed by atoms with E-state index in [4.69, 9.17) is 23.2 Å². The van der Waals surface area contributed by atoms with Gasteiger partial charge in [0.15, 0.2) is 11.0 Å². The van der Waals surface area contributed by atoms with Crippen molar-refractivity contribution in [2.45, 2.75) is 4.90 Å². The van der Waals surface area contributed by atoms with Gasteiger partial charge in [-0.1, -0.05) is 29.3 Å². The molecule has 2 aromatic heterocycles. The number of pyridine rings is 1. The maximum atomic E-state index is 13.3. The lowest BCUT2D eigenvalue weighted by molar-refractivity contribution is 0.623. The van der Waals surface area contributed by atoms with E-state index in [0.717, 1.165) is 15.8 Å². The first-order valence-electron chi connectivity index (χ1n) is 5.64. The van der Waals surface area contributed by atoms with Gasteiger partial charge in [0, 0.05) is 28.2 Å². The molecule has 20 heavy (non-hydrogen) atoms. The zero-order chi connectivity index (χ0) is 14.1. The average molecular weight is 328 g/mol. The van der Waals surface area contributed by atoms with E-state index in [2.05, 4.69) is 14.7 Å². The first-order chi connectivity index (χ1) is 9.63. The second-order valence-electron chi connectivity index (χ2n) is 4.04. The molecule has 3 aromatic rings. The normalized spacial score (nSPS) is 10.9. The molecule has 0 fully saturated rings. The van der Waals surface area contributed by atoms with E-state index >= 15 is 0 Å². The van der Waals surface area contributed by atoms with E-state index in [0.29, 0.717) is 10.7 Å². The molecule has 102 valence electrons. The van der Waals surface area contributed by atoms with E-state index < -0.39 is 5.82 Å². The highest BCUT2D eigenvalue weighted by molar-refractivity contribution is 8.00. The van der Waals surface area contributed by atoms with Gasteiger partial charge in [0.1, 0.15) is 0 Å². The average Bonchev–Trinajstić information content (AvgIpc) is 2.82. The number of aromatic nitrogens is 2. The van der Waals surface area contributed by atoms with Crippen LogP contribution in [0.1, 0.15) is 0 Å². The summed E-state index contributed by atoms with van der Waals surface area (Å²) < 4.78 is 16.3. The van der Waals surface area contributed by atoms with Crippen LogP contribution in [0.25, 0.3) is 10.9 Å². The standard InChI is InChI=1S/C13H8Cl2FN3S/c14-7-1-2-9-11(3-7)17-6-12(9)20-19-8-4-10(16)13(15)18-5-8/h1-6,17,19H. The molecule has 0 bridgehead atoms. The molecule has 0 aliphatic rings. The van der Waals surface area contributed by atoms with Gasteiger partial charge in [0.25, 0.3) is 0 Å². The topological polar surface area (TPSA) is 40.7 Å². The van der Waals surface area contributed by atoms with E-state index in [1.807, 2.05) is 24.4 Å². The number of rotatable bonds is 3. The monoisotopic (exact) mass is 327 g/mol. The molecule has 0 saturated heterocycles. The summed E-state index contributed by atoms with van der Waals surface area (Å²) in [6.07, 6.45) is 3.34. The van der Waals surface area contributed by atoms with Crippen molar-refractivity contribution in [3.8, 4) is 0 Å². The Bertz CT molecular complexity index is 775. The van der Waals surface area contributed by atoms with Gasteiger partial charge in [-0.25, -0.2) is 9.37 Å². The molecule has 0 spiro atoms. The fraction of sp³-hybridized carbons (Fsp3) is 0. The van der Waals surface area contributed by atoms with Crippen LogP contribution in [-0.4, -0.2) is 9.97 Å². The van der Waals surface area contributed by atoms with Crippen molar-refractivity contribution in [3.05, 3.63) is 52.7 Å². The van der Waals surface area contributed by atoms with Gasteiger partial charge >= 0.3 is 0 Å². The highest BCUT2D eigenvalue weighted by Crippen LogP contribution is 2.30. The summed E-state index contributed by atoms with van der Waals surface area (Å²) in [5.74, 6) is -0.553. The fourth-order valence-electron chi connectivity index (χ4n) is 1.75. The van der Waals surface area contributed by atoms with Crippen LogP contribution >= 0.6 is 35.1 Å². The van der Waals surface area contributed by atoms with Crippen LogP contribution in [0.5, 0.6) is 0 Å². The van der Waals surface area contributed by atoms with Gasteiger partial charge in [0.05, 0.1) is 16.8 Å². The minimum Gasteiger partial charge on any atom is -0.360 e. The van der Waals surface area contributed by atoms with Gasteiger partial charge in [-0.05, 0) is 24.1 Å². The summed E-state index contributed by atoms with van der Waals surface area (Å²) in [7, 11) is 0. The van der Waals surface area contributed by atoms with Crippen LogP contribution < -0.4 is 4.72 Å². The second kappa shape index (κ2) is 5.52. The number of H-pyrrole nitrogens is 1. The largest absolute Gasteiger partial charge is 0.360 e. The Morgan fingerprint density at radius 2 is 2.10 bits per heavy atom. The lowest BCUT2D eigenvalue weighted by atomic mass is 10.2. The zero-order valence-corrected chi connectivity index (χ0v) is 12.3. The quantitative estimate of drug-likeness (QED) is 0.517. The van der Waals surface area contributed by atoms with E-state index in [1.54, 1.807) is 0 Å². The molecule has 0 aliphatic carbocycles. The summed E-state index contributed by atoms with van der Waals surface area (Å²) in [4.78, 5) is 7.85. The predicted molar refractivity (Wildman–Crippen MR) is 82.0 cm³/mol. The van der Waals surface area contributed by atoms with Crippen molar-refractivity contribution in [2.75, 3.05) is 4.72 Å². The Kier molecular flexibility index (Phi) is 3.74. The number of aromatic amines is 1. The van der Waals surface area contributed by atoms with Crippen LogP contribution in [0, 0.1) is 5.82 Å². The number of nitrogens with zero attached hydrogens (tertiary/aromatic N) is 1. The van der Waals surface area contributed by atoms with Gasteiger partial charge in [-0.15, -0.1) is 0 Å². The number of hydrogen-bond donors (Lipinski definition) is 2. The lowest BCUT2D eigenvalue weighted by Crippen LogP contribution is -1.90. The smallest absolute Gasteiger partial charge is 0.164 e. The molecule has 2 heterocycles. The molecule has 3 rings (SSSR count). The molecule has 0 unspecified atom stereocenters. The Balaban J connectivity index is 1.81. The SMILES string of the molecule is Fc1cc(NSc2c[nH]c3cc(Cl)ccc23)cnc1Cl. The summed E-state index contributed by atoms with van der Waals surface area (Å²) in [6.45, 7) is 0. The maximum absolute atomic E-state index is 13.3. The van der Waals surface area contributed by atoms with Crippen LogP contribution in [0.15, 0.2) is 41.6 Å². The fourth-order valence-corrected chi connectivity index (χ4v) is 2.77. The van der Waals surface area contributed by atoms with Gasteiger partial charge in [-0.2, -0.15) is 0 Å². The van der Waals surface area contributed by atoms with Crippen molar-refractivity contribution in [1.82, 2.24) is 9.97 Å². The molecule has 0 saturated carbocycles. The number of halogens is 3. The van der Waals surface area contributed by atoms with Crippen molar-refractivity contribution in [1.29, 1.82) is 0 Å². The van der Waals surface area contributed by atoms with Crippen molar-refractivity contribution >= 4 is 51.7 Å². The third-order valence-electron chi connectivity index (χ3n) is 2.68. The van der Waals surface area contributed by atoms with Crippen molar-refractivity contribution in [3.63, 3.8) is 0 Å². The molecule has 0 radical (unpaired) electrons. The van der Waals surface area contributed by atoms with E-state index in [9.17, 15) is 4.39 Å². The summed E-state index contributed by atoms with van der Waals surface area (Å²) in [5.41, 5.74) is 1.49. The lowest BCUT2D eigenvalue weighted by Gasteiger charge is -2.04. The van der Waals surface area contributed by atoms with Crippen LogP contribution in [0.2, 0.25) is 10.2 Å². The molecule has 7 heteroatoms. The third kappa shape index (κ3) is 2.70. The third-order valence-corrected chi connectivity index (χ3v) is 4.09. The van der Waals surface area contributed by atoms with Crippen molar-refractivity contribution in [2.24, 2.45) is 0 Å². The Hall–Kier alpha value is -1.43. The van der Waals surface area contributed by atoms with Gasteiger partial charge < -0.3 is 9.71 Å². The number of nitrogens with one attached hydrogen (secondary N) is 2. The molecule has 0 aliphatic heterocycles. The molecule has 3 nitrogen and oxygen atoms in total. The maximum Gasteiger partial charge on any atom is 0.164 e. The molecule has 0 atom stereocenters. The first kappa shape index (κ1) is 13.5. The number of anilines is 1. The van der Waals surface area contributed by atoms with E-state index in [-0.39, 0.29) is 5.15 Å². The second-order valence-corrected chi connectivity index (χ2v) is 5.69. The minimum absolute atomic E-state index is 0.137. The molecular weight excluding hydrogens is 320 g/mol. The predicted octanol–water partition coefficient (Wildman–Crippen LogP) is 5.13. The first-order valence-corrected chi connectivity index (χ1v) is 7.21. The Labute approximate surface area is 128 Å². The Morgan fingerprint density at radius 3 is 2.90 bits per heavy atom. The number of benzene rings is 1. The molecule has 1 aromatic carbocycles. The highest BCUT2D eigenvalue weighted by Gasteiger charge is 2.06. The van der Waals surface area contributed by atoms with Crippen LogP contribution in [0.3, 0.4) is 0 Å². The highest BCUT2D eigenvalue weighted by atomic mass is 35.5. The summed E-state index contributed by atoms with van der Waals surface area (Å²) in [6, 6.07) is 6.91. The van der Waals surface area contributed by atoms with Crippen molar-refractivity contribution < 1.29 is 4.39 Å². The van der Waals surface area contributed by atoms with E-state index in [1.165, 1.54) is 24.2 Å². The summed E-state index contributed by atoms with van der Waals surface area (Å²) in [5, 5.41) is 1.57. The zero-order valence-electron chi connectivity index (χ0n) is 9.95.